The second-order valence-electron chi connectivity index (χ2n) is 3.14. The molecule has 2 N–H and O–H groups in total. The van der Waals surface area contributed by atoms with Crippen molar-refractivity contribution in [2.24, 2.45) is 0 Å². The molecule has 1 aromatic rings. The Labute approximate surface area is 102 Å². The lowest BCUT2D eigenvalue weighted by molar-refractivity contribution is -0.137. The molecule has 86 valence electrons. The first-order chi connectivity index (χ1) is 7.52. The summed E-state index contributed by atoms with van der Waals surface area (Å²) in [4.78, 5) is 21.0. The maximum atomic E-state index is 10.6. The first kappa shape index (κ1) is 12.8. The highest BCUT2D eigenvalue weighted by molar-refractivity contribution is 6.34. The smallest absolute Gasteiger partial charge is 0.305 e. The Morgan fingerprint density at radius 3 is 2.38 bits per heavy atom. The van der Waals surface area contributed by atoms with Gasteiger partial charge in [-0.25, -0.2) is 0 Å². The molecule has 4 nitrogen and oxygen atoms in total. The van der Waals surface area contributed by atoms with Gasteiger partial charge in [0.15, 0.2) is 0 Å². The Balaban J connectivity index is 2.99. The molecule has 0 saturated heterocycles. The third kappa shape index (κ3) is 3.72. The van der Waals surface area contributed by atoms with Gasteiger partial charge in [-0.05, 0) is 23.8 Å². The molecule has 0 aliphatic heterocycles. The minimum absolute atomic E-state index is 0.227. The zero-order valence-electron chi connectivity index (χ0n) is 8.11. The highest BCUT2D eigenvalue weighted by atomic mass is 35.5. The van der Waals surface area contributed by atoms with Gasteiger partial charge in [-0.15, -0.1) is 0 Å². The average Bonchev–Trinajstić information content (AvgIpc) is 2.14. The molecular formula is C10H9Cl2NO3. The van der Waals surface area contributed by atoms with Crippen molar-refractivity contribution in [1.82, 2.24) is 5.32 Å². The fourth-order valence-electron chi connectivity index (χ4n) is 1.31. The van der Waals surface area contributed by atoms with Crippen LogP contribution in [0.1, 0.15) is 18.0 Å². The van der Waals surface area contributed by atoms with E-state index in [1.54, 1.807) is 12.1 Å². The minimum Gasteiger partial charge on any atom is -0.481 e. The number of hydrogen-bond acceptors (Lipinski definition) is 2. The summed E-state index contributed by atoms with van der Waals surface area (Å²) in [6.45, 7) is 0. The number of carboxylic acids is 1. The number of carbonyl (C=O) groups is 2. The number of carboxylic acid groups (broad SMARTS) is 1. The second kappa shape index (κ2) is 5.72. The van der Waals surface area contributed by atoms with Crippen molar-refractivity contribution in [3.63, 3.8) is 0 Å². The largest absolute Gasteiger partial charge is 0.481 e. The topological polar surface area (TPSA) is 66.4 Å². The van der Waals surface area contributed by atoms with Crippen molar-refractivity contribution in [3.8, 4) is 0 Å². The predicted octanol–water partition coefficient (Wildman–Crippen LogP) is 2.26. The van der Waals surface area contributed by atoms with Crippen LogP contribution in [0.25, 0.3) is 0 Å². The summed E-state index contributed by atoms with van der Waals surface area (Å²) in [5, 5.41) is 11.9. The van der Waals surface area contributed by atoms with Crippen LogP contribution in [0.3, 0.4) is 0 Å². The lowest BCUT2D eigenvalue weighted by atomic mass is 10.0. The molecule has 1 rings (SSSR count). The van der Waals surface area contributed by atoms with Crippen molar-refractivity contribution >= 4 is 35.6 Å². The third-order valence-corrected chi connectivity index (χ3v) is 2.37. The lowest BCUT2D eigenvalue weighted by Crippen LogP contribution is -2.22. The van der Waals surface area contributed by atoms with E-state index in [9.17, 15) is 9.59 Å². The first-order valence-electron chi connectivity index (χ1n) is 4.40. The van der Waals surface area contributed by atoms with E-state index in [-0.39, 0.29) is 6.42 Å². The van der Waals surface area contributed by atoms with Gasteiger partial charge >= 0.3 is 5.97 Å². The maximum Gasteiger partial charge on any atom is 0.305 e. The Hall–Kier alpha value is -1.26. The van der Waals surface area contributed by atoms with Crippen molar-refractivity contribution in [3.05, 3.63) is 33.8 Å². The van der Waals surface area contributed by atoms with Crippen molar-refractivity contribution in [2.75, 3.05) is 0 Å². The molecule has 0 aliphatic rings. The quantitative estimate of drug-likeness (QED) is 0.800. The molecular weight excluding hydrogens is 253 g/mol. The van der Waals surface area contributed by atoms with Crippen LogP contribution in [0, 0.1) is 0 Å². The van der Waals surface area contributed by atoms with Crippen LogP contribution in [0.15, 0.2) is 18.2 Å². The Kier molecular flexibility index (Phi) is 4.58. The van der Waals surface area contributed by atoms with Crippen molar-refractivity contribution in [1.29, 1.82) is 0 Å². The molecule has 0 aliphatic carbocycles. The van der Waals surface area contributed by atoms with E-state index in [1.165, 1.54) is 6.07 Å². The molecule has 16 heavy (non-hydrogen) atoms. The van der Waals surface area contributed by atoms with Crippen molar-refractivity contribution in [2.45, 2.75) is 12.5 Å². The van der Waals surface area contributed by atoms with Crippen LogP contribution >= 0.6 is 23.2 Å². The van der Waals surface area contributed by atoms with E-state index in [2.05, 4.69) is 5.32 Å². The number of rotatable bonds is 5. The molecule has 0 spiro atoms. The number of nitrogens with one attached hydrogen (secondary N) is 1. The normalized spacial score (nSPS) is 11.9. The molecule has 0 unspecified atom stereocenters. The number of carbonyl (C=O) groups excluding carboxylic acids is 1. The molecule has 0 fully saturated rings. The van der Waals surface area contributed by atoms with Crippen LogP contribution in [0.2, 0.25) is 10.0 Å². The van der Waals surface area contributed by atoms with Gasteiger partial charge in [0.25, 0.3) is 0 Å². The molecule has 1 amide bonds. The maximum absolute atomic E-state index is 10.6. The summed E-state index contributed by atoms with van der Waals surface area (Å²) >= 11 is 11.6. The molecule has 1 aromatic carbocycles. The van der Waals surface area contributed by atoms with E-state index in [0.717, 1.165) is 0 Å². The Bertz CT molecular complexity index is 389. The fraction of sp³-hybridized carbons (Fsp3) is 0.200. The number of aliphatic carboxylic acids is 1. The van der Waals surface area contributed by atoms with Gasteiger partial charge in [-0.3, -0.25) is 9.59 Å². The van der Waals surface area contributed by atoms with E-state index >= 15 is 0 Å². The number of benzene rings is 1. The van der Waals surface area contributed by atoms with E-state index in [0.29, 0.717) is 22.0 Å². The molecule has 6 heteroatoms. The highest BCUT2D eigenvalue weighted by Crippen LogP contribution is 2.25. The molecule has 0 radical (unpaired) electrons. The minimum atomic E-state index is -1.02. The number of halogens is 2. The monoisotopic (exact) mass is 261 g/mol. The van der Waals surface area contributed by atoms with Gasteiger partial charge < -0.3 is 10.4 Å². The van der Waals surface area contributed by atoms with Gasteiger partial charge in [0, 0.05) is 10.0 Å². The summed E-state index contributed by atoms with van der Waals surface area (Å²) in [6.07, 6.45) is 0.220. The lowest BCUT2D eigenvalue weighted by Gasteiger charge is -2.14. The predicted molar refractivity (Wildman–Crippen MR) is 60.7 cm³/mol. The number of hydrogen-bond donors (Lipinski definition) is 2. The summed E-state index contributed by atoms with van der Waals surface area (Å²) in [5.41, 5.74) is 0.562. The van der Waals surface area contributed by atoms with Gasteiger partial charge in [-0.2, -0.15) is 0 Å². The van der Waals surface area contributed by atoms with Gasteiger partial charge in [0.1, 0.15) is 0 Å². The third-order valence-electron chi connectivity index (χ3n) is 1.94. The Morgan fingerprint density at radius 2 is 1.94 bits per heavy atom. The first-order valence-corrected chi connectivity index (χ1v) is 5.16. The molecule has 0 saturated carbocycles. The molecule has 1 atom stereocenters. The molecule has 0 heterocycles. The Morgan fingerprint density at radius 1 is 1.38 bits per heavy atom. The fourth-order valence-corrected chi connectivity index (χ4v) is 1.85. The molecule has 0 bridgehead atoms. The van der Waals surface area contributed by atoms with Crippen LogP contribution in [-0.2, 0) is 9.59 Å². The van der Waals surface area contributed by atoms with Crippen LogP contribution in [0.4, 0.5) is 0 Å². The zero-order chi connectivity index (χ0) is 12.1. The molecule has 0 aromatic heterocycles. The van der Waals surface area contributed by atoms with Crippen LogP contribution in [-0.4, -0.2) is 17.5 Å². The summed E-state index contributed by atoms with van der Waals surface area (Å²) < 4.78 is 0. The SMILES string of the molecule is O=CN[C@@H](CC(=O)O)c1cc(Cl)cc(Cl)c1. The standard InChI is InChI=1S/C10H9Cl2NO3/c11-7-1-6(2-8(12)3-7)9(13-5-14)4-10(15)16/h1-3,5,9H,4H2,(H,13,14)(H,15,16)/t9-/m0/s1. The summed E-state index contributed by atoms with van der Waals surface area (Å²) in [5.74, 6) is -1.02. The van der Waals surface area contributed by atoms with Gasteiger partial charge in [0.05, 0.1) is 12.5 Å². The van der Waals surface area contributed by atoms with E-state index in [4.69, 9.17) is 28.3 Å². The summed E-state index contributed by atoms with van der Waals surface area (Å²) in [6, 6.07) is 4.03. The van der Waals surface area contributed by atoms with Gasteiger partial charge in [0.2, 0.25) is 6.41 Å². The van der Waals surface area contributed by atoms with Crippen LogP contribution < -0.4 is 5.32 Å². The van der Waals surface area contributed by atoms with Crippen LogP contribution in [0.5, 0.6) is 0 Å². The summed E-state index contributed by atoms with van der Waals surface area (Å²) in [7, 11) is 0. The highest BCUT2D eigenvalue weighted by Gasteiger charge is 2.15. The number of amides is 1. The van der Waals surface area contributed by atoms with Crippen molar-refractivity contribution < 1.29 is 14.7 Å². The second-order valence-corrected chi connectivity index (χ2v) is 4.01. The van der Waals surface area contributed by atoms with E-state index in [1.807, 2.05) is 0 Å². The van der Waals surface area contributed by atoms with Gasteiger partial charge in [-0.1, -0.05) is 23.2 Å². The van der Waals surface area contributed by atoms with E-state index < -0.39 is 12.0 Å². The average molecular weight is 262 g/mol. The zero-order valence-corrected chi connectivity index (χ0v) is 9.63.